The van der Waals surface area contributed by atoms with Crippen LogP contribution in [0.3, 0.4) is 0 Å². The average molecular weight is 463 g/mol. The van der Waals surface area contributed by atoms with E-state index in [4.69, 9.17) is 4.74 Å². The van der Waals surface area contributed by atoms with Gasteiger partial charge in [0.15, 0.2) is 0 Å². The number of hydrogen-bond acceptors (Lipinski definition) is 3. The van der Waals surface area contributed by atoms with E-state index in [2.05, 4.69) is 10.6 Å². The molecule has 0 bridgehead atoms. The van der Waals surface area contributed by atoms with Gasteiger partial charge in [0.1, 0.15) is 17.3 Å². The summed E-state index contributed by atoms with van der Waals surface area (Å²) >= 11 is 0. The quantitative estimate of drug-likeness (QED) is 0.375. The van der Waals surface area contributed by atoms with E-state index < -0.39 is 5.82 Å². The molecule has 8 heteroatoms. The van der Waals surface area contributed by atoms with Crippen LogP contribution >= 0.6 is 0 Å². The molecule has 0 atom stereocenters. The van der Waals surface area contributed by atoms with Crippen molar-refractivity contribution in [1.82, 2.24) is 9.88 Å². The molecule has 2 amide bonds. The van der Waals surface area contributed by atoms with E-state index in [1.165, 1.54) is 36.4 Å². The summed E-state index contributed by atoms with van der Waals surface area (Å²) in [7, 11) is 1.56. The van der Waals surface area contributed by atoms with E-state index in [1.54, 1.807) is 37.4 Å². The monoisotopic (exact) mass is 463 g/mol. The van der Waals surface area contributed by atoms with E-state index in [0.717, 1.165) is 16.5 Å². The number of rotatable bonds is 8. The number of benzene rings is 3. The number of aromatic nitrogens is 1. The molecule has 4 aromatic rings. The first-order valence-corrected chi connectivity index (χ1v) is 10.7. The fourth-order valence-electron chi connectivity index (χ4n) is 3.64. The van der Waals surface area contributed by atoms with Gasteiger partial charge in [-0.3, -0.25) is 9.59 Å². The van der Waals surface area contributed by atoms with Crippen LogP contribution < -0.4 is 10.6 Å². The maximum atomic E-state index is 13.4. The van der Waals surface area contributed by atoms with Gasteiger partial charge in [0.2, 0.25) is 0 Å². The van der Waals surface area contributed by atoms with Crippen molar-refractivity contribution in [2.75, 3.05) is 25.6 Å². The van der Waals surface area contributed by atoms with Crippen LogP contribution in [-0.4, -0.2) is 36.6 Å². The molecule has 0 aliphatic carbocycles. The summed E-state index contributed by atoms with van der Waals surface area (Å²) in [5.41, 5.74) is 2.90. The molecule has 0 aliphatic heterocycles. The molecule has 1 aromatic heterocycles. The third-order valence-electron chi connectivity index (χ3n) is 5.34. The summed E-state index contributed by atoms with van der Waals surface area (Å²) < 4.78 is 33.3. The molecule has 0 saturated heterocycles. The fraction of sp³-hybridized carbons (Fsp3) is 0.154. The number of ether oxygens (including phenoxy) is 1. The van der Waals surface area contributed by atoms with Crippen molar-refractivity contribution in [3.05, 3.63) is 101 Å². The normalized spacial score (nSPS) is 10.9. The SMILES string of the molecule is COCCNC(=O)c1cc2cc(NC(=O)c3ccc(F)cc3)ccc2n1Cc1ccc(F)cc1. The Morgan fingerprint density at radius 2 is 1.56 bits per heavy atom. The summed E-state index contributed by atoms with van der Waals surface area (Å²) in [5, 5.41) is 6.37. The van der Waals surface area contributed by atoms with Crippen molar-refractivity contribution in [2.24, 2.45) is 0 Å². The van der Waals surface area contributed by atoms with Crippen molar-refractivity contribution in [3.8, 4) is 0 Å². The zero-order valence-corrected chi connectivity index (χ0v) is 18.5. The highest BCUT2D eigenvalue weighted by Crippen LogP contribution is 2.25. The smallest absolute Gasteiger partial charge is 0.268 e. The van der Waals surface area contributed by atoms with Gasteiger partial charge in [-0.25, -0.2) is 8.78 Å². The first-order valence-electron chi connectivity index (χ1n) is 10.7. The van der Waals surface area contributed by atoms with Gasteiger partial charge in [-0.05, 0) is 66.2 Å². The van der Waals surface area contributed by atoms with E-state index >= 15 is 0 Å². The molecule has 0 aliphatic rings. The minimum absolute atomic E-state index is 0.271. The summed E-state index contributed by atoms with van der Waals surface area (Å²) in [6.45, 7) is 1.09. The van der Waals surface area contributed by atoms with Gasteiger partial charge in [-0.15, -0.1) is 0 Å². The van der Waals surface area contributed by atoms with Crippen LogP contribution in [0.5, 0.6) is 0 Å². The van der Waals surface area contributed by atoms with Crippen molar-refractivity contribution < 1.29 is 23.1 Å². The topological polar surface area (TPSA) is 72.4 Å². The van der Waals surface area contributed by atoms with Gasteiger partial charge >= 0.3 is 0 Å². The second-order valence-electron chi connectivity index (χ2n) is 7.73. The van der Waals surface area contributed by atoms with Gasteiger partial charge in [0.25, 0.3) is 11.8 Å². The predicted molar refractivity (Wildman–Crippen MR) is 126 cm³/mol. The minimum atomic E-state index is -0.420. The Hall–Kier alpha value is -4.04. The molecule has 1 heterocycles. The predicted octanol–water partition coefficient (Wildman–Crippen LogP) is 4.60. The highest BCUT2D eigenvalue weighted by atomic mass is 19.1. The molecule has 6 nitrogen and oxygen atoms in total. The Balaban J connectivity index is 1.65. The van der Waals surface area contributed by atoms with Crippen molar-refractivity contribution >= 4 is 28.4 Å². The van der Waals surface area contributed by atoms with E-state index in [1.807, 2.05) is 10.6 Å². The molecule has 0 unspecified atom stereocenters. The van der Waals surface area contributed by atoms with Crippen LogP contribution in [0.25, 0.3) is 10.9 Å². The second-order valence-corrected chi connectivity index (χ2v) is 7.73. The molecule has 0 spiro atoms. The Bertz CT molecular complexity index is 1320. The van der Waals surface area contributed by atoms with Gasteiger partial charge in [-0.1, -0.05) is 12.1 Å². The molecular weight excluding hydrogens is 440 g/mol. The van der Waals surface area contributed by atoms with E-state index in [9.17, 15) is 18.4 Å². The van der Waals surface area contributed by atoms with Gasteiger partial charge in [-0.2, -0.15) is 0 Å². The number of carbonyl (C=O) groups is 2. The lowest BCUT2D eigenvalue weighted by molar-refractivity contribution is 0.0928. The standard InChI is InChI=1S/C26H23F2N3O3/c1-34-13-12-29-26(33)24-15-19-14-22(30-25(32)18-4-8-21(28)9-5-18)10-11-23(19)31(24)16-17-2-6-20(27)7-3-17/h2-11,14-15H,12-13,16H2,1H3,(H,29,33)(H,30,32). The number of carbonyl (C=O) groups excluding carboxylic acids is 2. The highest BCUT2D eigenvalue weighted by Gasteiger charge is 2.17. The lowest BCUT2D eigenvalue weighted by Crippen LogP contribution is -2.29. The number of halogens is 2. The van der Waals surface area contributed by atoms with Crippen LogP contribution in [0.1, 0.15) is 26.4 Å². The number of methoxy groups -OCH3 is 1. The van der Waals surface area contributed by atoms with Crippen LogP contribution in [-0.2, 0) is 11.3 Å². The minimum Gasteiger partial charge on any atom is -0.383 e. The molecule has 3 aromatic carbocycles. The zero-order valence-electron chi connectivity index (χ0n) is 18.5. The van der Waals surface area contributed by atoms with Crippen LogP contribution in [0.2, 0.25) is 0 Å². The third kappa shape index (κ3) is 5.29. The summed E-state index contributed by atoms with van der Waals surface area (Å²) in [4.78, 5) is 25.4. The third-order valence-corrected chi connectivity index (χ3v) is 5.34. The van der Waals surface area contributed by atoms with Crippen LogP contribution in [0.15, 0.2) is 72.8 Å². The lowest BCUT2D eigenvalue weighted by Gasteiger charge is -2.12. The molecule has 4 rings (SSSR count). The number of amides is 2. The molecular formula is C26H23F2N3O3. The van der Waals surface area contributed by atoms with Crippen LogP contribution in [0.4, 0.5) is 14.5 Å². The van der Waals surface area contributed by atoms with E-state index in [0.29, 0.717) is 36.6 Å². The van der Waals surface area contributed by atoms with Gasteiger partial charge in [0, 0.05) is 42.4 Å². The Labute approximate surface area is 195 Å². The molecule has 174 valence electrons. The maximum Gasteiger partial charge on any atom is 0.268 e. The van der Waals surface area contributed by atoms with Crippen molar-refractivity contribution in [1.29, 1.82) is 0 Å². The van der Waals surface area contributed by atoms with Gasteiger partial charge in [0.05, 0.1) is 6.61 Å². The summed E-state index contributed by atoms with van der Waals surface area (Å²) in [6, 6.07) is 18.4. The zero-order chi connectivity index (χ0) is 24.1. The van der Waals surface area contributed by atoms with Crippen molar-refractivity contribution in [3.63, 3.8) is 0 Å². The number of hydrogen-bond donors (Lipinski definition) is 2. The summed E-state index contributed by atoms with van der Waals surface area (Å²) in [6.07, 6.45) is 0. The molecule has 34 heavy (non-hydrogen) atoms. The number of fused-ring (bicyclic) bond motifs is 1. The second kappa shape index (κ2) is 10.3. The van der Waals surface area contributed by atoms with Gasteiger partial charge < -0.3 is 19.9 Å². The number of nitrogens with one attached hydrogen (secondary N) is 2. The number of anilines is 1. The summed E-state index contributed by atoms with van der Waals surface area (Å²) in [5.74, 6) is -1.40. The Morgan fingerprint density at radius 3 is 2.24 bits per heavy atom. The average Bonchev–Trinajstić information content (AvgIpc) is 3.18. The van der Waals surface area contributed by atoms with Crippen molar-refractivity contribution in [2.45, 2.75) is 6.54 Å². The van der Waals surface area contributed by atoms with E-state index in [-0.39, 0.29) is 17.6 Å². The first kappa shape index (κ1) is 23.1. The Morgan fingerprint density at radius 1 is 0.882 bits per heavy atom. The molecule has 0 radical (unpaired) electrons. The molecule has 0 fully saturated rings. The van der Waals surface area contributed by atoms with Crippen LogP contribution in [0, 0.1) is 11.6 Å². The Kier molecular flexibility index (Phi) is 6.98. The maximum absolute atomic E-state index is 13.4. The number of nitrogens with zero attached hydrogens (tertiary/aromatic N) is 1. The molecule has 2 N–H and O–H groups in total. The molecule has 0 saturated carbocycles. The largest absolute Gasteiger partial charge is 0.383 e. The fourth-order valence-corrected chi connectivity index (χ4v) is 3.64. The highest BCUT2D eigenvalue weighted by molar-refractivity contribution is 6.06. The lowest BCUT2D eigenvalue weighted by atomic mass is 10.2. The first-order chi connectivity index (χ1) is 16.4.